The Bertz CT molecular complexity index is 560. The normalized spacial score (nSPS) is 12.1. The van der Waals surface area contributed by atoms with Gasteiger partial charge in [0.1, 0.15) is 0 Å². The minimum absolute atomic E-state index is 0.573. The minimum atomic E-state index is 0.573. The van der Waals surface area contributed by atoms with Crippen LogP contribution in [0.5, 0.6) is 0 Å². The van der Waals surface area contributed by atoms with Crippen LogP contribution in [0.15, 0.2) is 30.3 Å². The average Bonchev–Trinajstić information content (AvgIpc) is 2.35. The van der Waals surface area contributed by atoms with Gasteiger partial charge < -0.3 is 0 Å². The van der Waals surface area contributed by atoms with Crippen LogP contribution in [0.2, 0.25) is 0 Å². The second-order valence-electron chi connectivity index (χ2n) is 6.48. The summed E-state index contributed by atoms with van der Waals surface area (Å²) in [6.07, 6.45) is 0. The molecular formula is C19H26. The van der Waals surface area contributed by atoms with E-state index in [1.807, 2.05) is 0 Å². The van der Waals surface area contributed by atoms with E-state index in [0.29, 0.717) is 17.8 Å². The van der Waals surface area contributed by atoms with Crippen LogP contribution in [0.25, 0.3) is 10.8 Å². The third-order valence-electron chi connectivity index (χ3n) is 4.00. The van der Waals surface area contributed by atoms with Crippen molar-refractivity contribution in [1.82, 2.24) is 0 Å². The largest absolute Gasteiger partial charge is 0.0613 e. The van der Waals surface area contributed by atoms with Gasteiger partial charge in [-0.15, -0.1) is 0 Å². The van der Waals surface area contributed by atoms with Gasteiger partial charge in [0.05, 0.1) is 0 Å². The van der Waals surface area contributed by atoms with Crippen molar-refractivity contribution >= 4 is 10.8 Å². The lowest BCUT2D eigenvalue weighted by atomic mass is 9.85. The smallest absolute Gasteiger partial charge is 0.0112 e. The highest BCUT2D eigenvalue weighted by Crippen LogP contribution is 2.36. The van der Waals surface area contributed by atoms with Gasteiger partial charge in [-0.3, -0.25) is 0 Å². The zero-order chi connectivity index (χ0) is 14.2. The van der Waals surface area contributed by atoms with Gasteiger partial charge in [0, 0.05) is 0 Å². The van der Waals surface area contributed by atoms with Crippen molar-refractivity contribution in [3.05, 3.63) is 47.0 Å². The molecule has 2 aromatic rings. The van der Waals surface area contributed by atoms with E-state index >= 15 is 0 Å². The van der Waals surface area contributed by atoms with Crippen LogP contribution in [0.1, 0.15) is 76.0 Å². The van der Waals surface area contributed by atoms with Gasteiger partial charge in [-0.1, -0.05) is 71.9 Å². The van der Waals surface area contributed by atoms with Crippen LogP contribution in [-0.4, -0.2) is 0 Å². The molecule has 102 valence electrons. The predicted molar refractivity (Wildman–Crippen MR) is 86.2 cm³/mol. The van der Waals surface area contributed by atoms with Crippen molar-refractivity contribution < 1.29 is 0 Å². The highest BCUT2D eigenvalue weighted by molar-refractivity contribution is 5.92. The third kappa shape index (κ3) is 2.54. The number of hydrogen-bond acceptors (Lipinski definition) is 0. The molecule has 0 radical (unpaired) electrons. The van der Waals surface area contributed by atoms with Crippen LogP contribution in [0.4, 0.5) is 0 Å². The maximum atomic E-state index is 2.34. The van der Waals surface area contributed by atoms with Crippen molar-refractivity contribution in [2.75, 3.05) is 0 Å². The van der Waals surface area contributed by atoms with Crippen LogP contribution < -0.4 is 0 Å². The van der Waals surface area contributed by atoms with Crippen molar-refractivity contribution in [2.24, 2.45) is 0 Å². The SMILES string of the molecule is CC(C)c1ccc(C(C)C)c2c(C(C)C)cccc12. The first-order chi connectivity index (χ1) is 8.93. The Kier molecular flexibility index (Phi) is 3.99. The van der Waals surface area contributed by atoms with Crippen LogP contribution in [0, 0.1) is 0 Å². The molecule has 2 aromatic carbocycles. The lowest BCUT2D eigenvalue weighted by molar-refractivity contribution is 0.844. The Morgan fingerprint density at radius 2 is 1.05 bits per heavy atom. The zero-order valence-electron chi connectivity index (χ0n) is 13.1. The molecule has 0 spiro atoms. The first-order valence-electron chi connectivity index (χ1n) is 7.48. The van der Waals surface area contributed by atoms with Gasteiger partial charge in [0.15, 0.2) is 0 Å². The van der Waals surface area contributed by atoms with E-state index in [1.54, 1.807) is 0 Å². The summed E-state index contributed by atoms with van der Waals surface area (Å²) >= 11 is 0. The van der Waals surface area contributed by atoms with Crippen molar-refractivity contribution in [3.8, 4) is 0 Å². The van der Waals surface area contributed by atoms with Crippen LogP contribution in [0.3, 0.4) is 0 Å². The molecule has 0 fully saturated rings. The minimum Gasteiger partial charge on any atom is -0.0613 e. The molecule has 0 N–H and O–H groups in total. The van der Waals surface area contributed by atoms with E-state index in [9.17, 15) is 0 Å². The quantitative estimate of drug-likeness (QED) is 0.611. The molecule has 0 aromatic heterocycles. The summed E-state index contributed by atoms with van der Waals surface area (Å²) in [5.74, 6) is 1.72. The van der Waals surface area contributed by atoms with Gasteiger partial charge in [0.25, 0.3) is 0 Å². The molecular weight excluding hydrogens is 228 g/mol. The monoisotopic (exact) mass is 254 g/mol. The Hall–Kier alpha value is -1.30. The number of fused-ring (bicyclic) bond motifs is 1. The van der Waals surface area contributed by atoms with Gasteiger partial charge >= 0.3 is 0 Å². The fraction of sp³-hybridized carbons (Fsp3) is 0.474. The summed E-state index contributed by atoms with van der Waals surface area (Å²) in [6.45, 7) is 13.7. The second-order valence-corrected chi connectivity index (χ2v) is 6.48. The Morgan fingerprint density at radius 3 is 1.58 bits per heavy atom. The maximum Gasteiger partial charge on any atom is -0.0112 e. The number of rotatable bonds is 3. The van der Waals surface area contributed by atoms with Crippen molar-refractivity contribution in [3.63, 3.8) is 0 Å². The summed E-state index contributed by atoms with van der Waals surface area (Å²) in [4.78, 5) is 0. The molecule has 0 saturated carbocycles. The fourth-order valence-electron chi connectivity index (χ4n) is 2.95. The van der Waals surface area contributed by atoms with E-state index < -0.39 is 0 Å². The van der Waals surface area contributed by atoms with Crippen LogP contribution in [-0.2, 0) is 0 Å². The topological polar surface area (TPSA) is 0 Å². The molecule has 19 heavy (non-hydrogen) atoms. The maximum absolute atomic E-state index is 2.34. The van der Waals surface area contributed by atoms with Crippen molar-refractivity contribution in [2.45, 2.75) is 59.3 Å². The van der Waals surface area contributed by atoms with Crippen LogP contribution >= 0.6 is 0 Å². The van der Waals surface area contributed by atoms with E-state index in [4.69, 9.17) is 0 Å². The van der Waals surface area contributed by atoms with Gasteiger partial charge in [-0.2, -0.15) is 0 Å². The van der Waals surface area contributed by atoms with E-state index in [-0.39, 0.29) is 0 Å². The average molecular weight is 254 g/mol. The Labute approximate surface area is 117 Å². The molecule has 0 aliphatic rings. The highest BCUT2D eigenvalue weighted by atomic mass is 14.2. The lowest BCUT2D eigenvalue weighted by Crippen LogP contribution is -1.99. The standard InChI is InChI=1S/C19H26/c1-12(2)15-10-11-17(14(5)6)19-16(13(3)4)8-7-9-18(15)19/h7-14H,1-6H3. The summed E-state index contributed by atoms with van der Waals surface area (Å²) in [5.41, 5.74) is 4.45. The molecule has 0 nitrogen and oxygen atoms in total. The molecule has 0 bridgehead atoms. The van der Waals surface area contributed by atoms with Crippen molar-refractivity contribution in [1.29, 1.82) is 0 Å². The Morgan fingerprint density at radius 1 is 0.579 bits per heavy atom. The first-order valence-corrected chi connectivity index (χ1v) is 7.48. The molecule has 0 aliphatic heterocycles. The van der Waals surface area contributed by atoms with E-state index in [2.05, 4.69) is 71.9 Å². The van der Waals surface area contributed by atoms with E-state index in [0.717, 1.165) is 0 Å². The molecule has 0 unspecified atom stereocenters. The number of benzene rings is 2. The highest BCUT2D eigenvalue weighted by Gasteiger charge is 2.15. The first kappa shape index (κ1) is 14.1. The zero-order valence-corrected chi connectivity index (χ0v) is 13.1. The summed E-state index contributed by atoms with van der Waals surface area (Å²) in [6, 6.07) is 11.5. The third-order valence-corrected chi connectivity index (χ3v) is 4.00. The van der Waals surface area contributed by atoms with Gasteiger partial charge in [0.2, 0.25) is 0 Å². The Balaban J connectivity index is 2.89. The summed E-state index contributed by atoms with van der Waals surface area (Å²) < 4.78 is 0. The number of hydrogen-bond donors (Lipinski definition) is 0. The predicted octanol–water partition coefficient (Wildman–Crippen LogP) is 6.21. The molecule has 0 atom stereocenters. The molecule has 0 saturated heterocycles. The molecule has 0 heterocycles. The van der Waals surface area contributed by atoms with Gasteiger partial charge in [-0.05, 0) is 45.2 Å². The second kappa shape index (κ2) is 5.36. The summed E-state index contributed by atoms with van der Waals surface area (Å²) in [7, 11) is 0. The summed E-state index contributed by atoms with van der Waals surface area (Å²) in [5, 5.41) is 2.95. The molecule has 0 amide bonds. The van der Waals surface area contributed by atoms with Gasteiger partial charge in [-0.25, -0.2) is 0 Å². The lowest BCUT2D eigenvalue weighted by Gasteiger charge is -2.20. The molecule has 0 aliphatic carbocycles. The van der Waals surface area contributed by atoms with E-state index in [1.165, 1.54) is 27.5 Å². The molecule has 0 heteroatoms. The fourth-order valence-corrected chi connectivity index (χ4v) is 2.95. The molecule has 2 rings (SSSR count).